The summed E-state index contributed by atoms with van der Waals surface area (Å²) in [5.74, 6) is 0. The van der Waals surface area contributed by atoms with E-state index in [-0.39, 0.29) is 0 Å². The number of para-hydroxylation sites is 2. The summed E-state index contributed by atoms with van der Waals surface area (Å²) in [5.41, 5.74) is 12.7. The minimum atomic E-state index is 0.571. The summed E-state index contributed by atoms with van der Waals surface area (Å²) in [6.45, 7) is 0. The Morgan fingerprint density at radius 3 is 0.654 bits per heavy atom. The van der Waals surface area contributed by atoms with Gasteiger partial charge in [0.05, 0.1) is 46.9 Å². The van der Waals surface area contributed by atoms with Crippen LogP contribution in [0.5, 0.6) is 0 Å². The molecule has 4 saturated heterocycles. The second-order valence-corrected chi connectivity index (χ2v) is 15.2. The van der Waals surface area contributed by atoms with Gasteiger partial charge >= 0.3 is 0 Å². The third-order valence-corrected chi connectivity index (χ3v) is 12.3. The molecule has 0 radical (unpaired) electrons. The van der Waals surface area contributed by atoms with Crippen LogP contribution in [-0.2, 0) is 0 Å². The first-order valence-corrected chi connectivity index (χ1v) is 19.5. The van der Waals surface area contributed by atoms with E-state index in [9.17, 15) is 0 Å². The van der Waals surface area contributed by atoms with E-state index in [1.165, 1.54) is 107 Å². The molecule has 6 aliphatic rings. The topological polar surface area (TPSA) is 13.0 Å². The number of anilines is 4. The zero-order valence-electron chi connectivity index (χ0n) is 29.8. The predicted molar refractivity (Wildman–Crippen MR) is 218 cm³/mol. The summed E-state index contributed by atoms with van der Waals surface area (Å²) in [6, 6.07) is 60.8. The van der Waals surface area contributed by atoms with Crippen LogP contribution in [0.1, 0.15) is 51.4 Å². The van der Waals surface area contributed by atoms with Crippen molar-refractivity contribution in [1.82, 2.24) is 0 Å². The molecule has 0 aromatic heterocycles. The lowest BCUT2D eigenvalue weighted by Gasteiger charge is -2.55. The zero-order chi connectivity index (χ0) is 34.4. The van der Waals surface area contributed by atoms with Crippen LogP contribution < -0.4 is 20.0 Å². The highest BCUT2D eigenvalue weighted by molar-refractivity contribution is 5.75. The van der Waals surface area contributed by atoms with Gasteiger partial charge in [-0.3, -0.25) is 20.0 Å². The van der Waals surface area contributed by atoms with E-state index in [0.29, 0.717) is 24.2 Å². The molecule has 4 bridgehead atoms. The fourth-order valence-corrected chi connectivity index (χ4v) is 9.62. The van der Waals surface area contributed by atoms with Gasteiger partial charge in [0.15, 0.2) is 0 Å². The third-order valence-electron chi connectivity index (χ3n) is 12.3. The van der Waals surface area contributed by atoms with Gasteiger partial charge in [0, 0.05) is 0 Å². The Hall–Kier alpha value is -5.48. The number of hydrogen-bond acceptors (Lipinski definition) is 4. The molecule has 4 heterocycles. The fraction of sp³-hybridized carbons (Fsp3) is 0.250. The van der Waals surface area contributed by atoms with E-state index in [4.69, 9.17) is 0 Å². The summed E-state index contributed by atoms with van der Waals surface area (Å²) in [5, 5.41) is 10.3. The Kier molecular flexibility index (Phi) is 7.97. The van der Waals surface area contributed by atoms with Crippen LogP contribution in [0.3, 0.4) is 0 Å². The Balaban J connectivity index is 0.835. The summed E-state index contributed by atoms with van der Waals surface area (Å²) in [7, 11) is 0. The van der Waals surface area contributed by atoms with Crippen molar-refractivity contribution in [1.29, 1.82) is 0 Å². The highest BCUT2D eigenvalue weighted by Gasteiger charge is 2.41. The molecule has 0 spiro atoms. The van der Waals surface area contributed by atoms with Crippen LogP contribution in [0.4, 0.5) is 22.7 Å². The van der Waals surface area contributed by atoms with Crippen molar-refractivity contribution in [2.75, 3.05) is 20.0 Å². The molecule has 6 fully saturated rings. The van der Waals surface area contributed by atoms with Crippen LogP contribution in [0.15, 0.2) is 158 Å². The van der Waals surface area contributed by atoms with E-state index in [1.807, 2.05) is 0 Å². The first-order chi connectivity index (χ1) is 25.8. The summed E-state index contributed by atoms with van der Waals surface area (Å²) < 4.78 is 0. The predicted octanol–water partition coefficient (Wildman–Crippen LogP) is 11.8. The molecule has 52 heavy (non-hydrogen) atoms. The Bertz CT molecular complexity index is 1940. The van der Waals surface area contributed by atoms with Crippen molar-refractivity contribution >= 4 is 22.7 Å². The SMILES string of the molecule is c1ccc(N2C3CCC(CC3)N2c2ccc(-c3ccc(-c4ccc(-c5ccc(N6C7CCC(CC7)N6c6ccccc6)cc5)cc4)cc3)cc2)cc1. The van der Waals surface area contributed by atoms with E-state index >= 15 is 0 Å². The number of hydrogen-bond donors (Lipinski definition) is 0. The van der Waals surface area contributed by atoms with Crippen molar-refractivity contribution in [2.24, 2.45) is 0 Å². The first kappa shape index (κ1) is 31.3. The van der Waals surface area contributed by atoms with Gasteiger partial charge in [0.2, 0.25) is 0 Å². The summed E-state index contributed by atoms with van der Waals surface area (Å²) in [4.78, 5) is 0. The van der Waals surface area contributed by atoms with Gasteiger partial charge in [-0.15, -0.1) is 0 Å². The normalized spacial score (nSPS) is 22.2. The molecule has 12 rings (SSSR count). The second-order valence-electron chi connectivity index (χ2n) is 15.2. The zero-order valence-corrected chi connectivity index (χ0v) is 29.8. The van der Waals surface area contributed by atoms with Crippen LogP contribution >= 0.6 is 0 Å². The van der Waals surface area contributed by atoms with Crippen molar-refractivity contribution in [3.8, 4) is 33.4 Å². The molecule has 6 aromatic carbocycles. The monoisotopic (exact) mass is 678 g/mol. The second kappa shape index (κ2) is 13.2. The van der Waals surface area contributed by atoms with Gasteiger partial charge in [-0.25, -0.2) is 0 Å². The van der Waals surface area contributed by atoms with Crippen molar-refractivity contribution in [3.05, 3.63) is 158 Å². The molecule has 4 nitrogen and oxygen atoms in total. The largest absolute Gasteiger partial charge is 0.282 e. The van der Waals surface area contributed by atoms with Crippen LogP contribution in [0.25, 0.3) is 33.4 Å². The van der Waals surface area contributed by atoms with E-state index in [0.717, 1.165) is 0 Å². The van der Waals surface area contributed by atoms with Gasteiger partial charge in [-0.1, -0.05) is 109 Å². The highest BCUT2D eigenvalue weighted by Crippen LogP contribution is 2.43. The lowest BCUT2D eigenvalue weighted by atomic mass is 9.86. The van der Waals surface area contributed by atoms with E-state index < -0.39 is 0 Å². The molecule has 0 atom stereocenters. The summed E-state index contributed by atoms with van der Waals surface area (Å²) in [6.07, 6.45) is 10.2. The first-order valence-electron chi connectivity index (χ1n) is 19.5. The standard InChI is InChI=1S/C48H46N4/c1-3-7-41(8-4-1)49-45-27-31-47(32-28-45)51(49)43-23-19-39(20-24-43)37-15-11-35(12-16-37)36-13-17-38(18-14-36)40-21-25-44(26-22-40)52-48-33-29-46(30-34-48)50(52)42-9-5-2-6-10-42/h1-26,45-48H,27-34H2. The smallest absolute Gasteiger partial charge is 0.0578 e. The van der Waals surface area contributed by atoms with Crippen molar-refractivity contribution < 1.29 is 0 Å². The maximum Gasteiger partial charge on any atom is 0.0578 e. The molecule has 4 aliphatic heterocycles. The average Bonchev–Trinajstić information content (AvgIpc) is 3.25. The Morgan fingerprint density at radius 2 is 0.423 bits per heavy atom. The number of nitrogens with zero attached hydrogens (tertiary/aromatic N) is 4. The van der Waals surface area contributed by atoms with Gasteiger partial charge < -0.3 is 0 Å². The highest BCUT2D eigenvalue weighted by atomic mass is 15.7. The number of benzene rings is 6. The van der Waals surface area contributed by atoms with E-state index in [1.54, 1.807) is 0 Å². The fourth-order valence-electron chi connectivity index (χ4n) is 9.62. The minimum absolute atomic E-state index is 0.571. The minimum Gasteiger partial charge on any atom is -0.282 e. The molecule has 0 N–H and O–H groups in total. The molecule has 2 saturated carbocycles. The Labute approximate surface area is 308 Å². The lowest BCUT2D eigenvalue weighted by molar-refractivity contribution is 0.284. The number of rotatable bonds is 7. The van der Waals surface area contributed by atoms with Gasteiger partial charge in [-0.05, 0) is 133 Å². The number of fused-ring (bicyclic) bond motifs is 6. The maximum atomic E-state index is 2.58. The molecule has 2 aliphatic carbocycles. The Morgan fingerprint density at radius 1 is 0.231 bits per heavy atom. The van der Waals surface area contributed by atoms with E-state index in [2.05, 4.69) is 178 Å². The van der Waals surface area contributed by atoms with Crippen molar-refractivity contribution in [3.63, 3.8) is 0 Å². The van der Waals surface area contributed by atoms with Crippen LogP contribution in [-0.4, -0.2) is 24.2 Å². The molecule has 258 valence electrons. The quantitative estimate of drug-likeness (QED) is 0.167. The maximum absolute atomic E-state index is 2.58. The van der Waals surface area contributed by atoms with Crippen molar-refractivity contribution in [2.45, 2.75) is 75.5 Å². The molecule has 0 unspecified atom stereocenters. The molecule has 0 amide bonds. The molecule has 4 heteroatoms. The third kappa shape index (κ3) is 5.62. The molecular weight excluding hydrogens is 633 g/mol. The summed E-state index contributed by atoms with van der Waals surface area (Å²) >= 11 is 0. The lowest BCUT2D eigenvalue weighted by Crippen LogP contribution is -2.62. The van der Waals surface area contributed by atoms with Gasteiger partial charge in [0.25, 0.3) is 0 Å². The molecular formula is C48H46N4. The number of hydrazine groups is 2. The molecule has 6 aromatic rings. The van der Waals surface area contributed by atoms with Crippen LogP contribution in [0, 0.1) is 0 Å². The van der Waals surface area contributed by atoms with Gasteiger partial charge in [-0.2, -0.15) is 0 Å². The van der Waals surface area contributed by atoms with Gasteiger partial charge in [0.1, 0.15) is 0 Å². The average molecular weight is 679 g/mol. The van der Waals surface area contributed by atoms with Crippen LogP contribution in [0.2, 0.25) is 0 Å².